The van der Waals surface area contributed by atoms with Crippen molar-refractivity contribution in [3.05, 3.63) is 47.9 Å². The van der Waals surface area contributed by atoms with Crippen LogP contribution in [0, 0.1) is 5.92 Å². The number of aromatic nitrogens is 5. The average Bonchev–Trinajstić information content (AvgIpc) is 3.11. The summed E-state index contributed by atoms with van der Waals surface area (Å²) in [7, 11) is 1.57. The number of aliphatic hydroxyl groups excluding tert-OH is 1. The quantitative estimate of drug-likeness (QED) is 0.695. The predicted octanol–water partition coefficient (Wildman–Crippen LogP) is 0.770. The number of rotatable bonds is 5. The van der Waals surface area contributed by atoms with Gasteiger partial charge in [-0.3, -0.25) is 9.78 Å². The van der Waals surface area contributed by atoms with Gasteiger partial charge in [-0.1, -0.05) is 0 Å². The van der Waals surface area contributed by atoms with E-state index in [2.05, 4.69) is 25.8 Å². The molecule has 1 saturated carbocycles. The van der Waals surface area contributed by atoms with Crippen LogP contribution in [-0.4, -0.2) is 49.3 Å². The second-order valence-corrected chi connectivity index (χ2v) is 6.39. The van der Waals surface area contributed by atoms with Crippen LogP contribution in [0.1, 0.15) is 34.8 Å². The third-order valence-corrected chi connectivity index (χ3v) is 4.70. The van der Waals surface area contributed by atoms with Crippen molar-refractivity contribution in [2.45, 2.75) is 25.0 Å². The summed E-state index contributed by atoms with van der Waals surface area (Å²) in [5.74, 6) is 0.531. The SMILES string of the molecule is COc1cncc(C(NC(=O)c2ccn3nnnc3c2)C2CC(O)C2)c1. The molecular weight excluding hydrogens is 336 g/mol. The highest BCUT2D eigenvalue weighted by Gasteiger charge is 2.36. The van der Waals surface area contributed by atoms with Crippen molar-refractivity contribution in [3.8, 4) is 5.75 Å². The molecule has 3 aromatic rings. The number of tetrazole rings is 1. The Balaban J connectivity index is 1.60. The number of nitrogens with zero attached hydrogens (tertiary/aromatic N) is 5. The monoisotopic (exact) mass is 354 g/mol. The van der Waals surface area contributed by atoms with E-state index in [1.807, 2.05) is 6.07 Å². The molecule has 0 aromatic carbocycles. The molecule has 1 amide bonds. The van der Waals surface area contributed by atoms with E-state index in [1.165, 1.54) is 4.52 Å². The molecule has 1 atom stereocenters. The fraction of sp³-hybridized carbons (Fsp3) is 0.353. The molecule has 0 aliphatic heterocycles. The molecule has 1 unspecified atom stereocenters. The lowest BCUT2D eigenvalue weighted by Crippen LogP contribution is -2.41. The van der Waals surface area contributed by atoms with Crippen molar-refractivity contribution in [2.75, 3.05) is 7.11 Å². The molecular formula is C17H18N6O3. The number of aliphatic hydroxyl groups is 1. The molecule has 3 heterocycles. The van der Waals surface area contributed by atoms with Gasteiger partial charge in [0.15, 0.2) is 5.65 Å². The molecule has 1 aliphatic carbocycles. The van der Waals surface area contributed by atoms with Crippen LogP contribution in [-0.2, 0) is 0 Å². The number of fused-ring (bicyclic) bond motifs is 1. The summed E-state index contributed by atoms with van der Waals surface area (Å²) >= 11 is 0. The smallest absolute Gasteiger partial charge is 0.251 e. The Morgan fingerprint density at radius 1 is 1.38 bits per heavy atom. The lowest BCUT2D eigenvalue weighted by Gasteiger charge is -2.38. The van der Waals surface area contributed by atoms with Gasteiger partial charge < -0.3 is 15.2 Å². The fourth-order valence-electron chi connectivity index (χ4n) is 3.20. The first-order valence-corrected chi connectivity index (χ1v) is 8.29. The standard InChI is InChI=1S/C17H18N6O3/c1-26-14-6-12(8-18-9-14)16(11-4-13(24)5-11)19-17(25)10-2-3-23-15(7-10)20-21-22-23/h2-3,6-9,11,13,16,24H,4-5H2,1H3,(H,19,25). The first-order chi connectivity index (χ1) is 12.6. The summed E-state index contributed by atoms with van der Waals surface area (Å²) < 4.78 is 6.73. The van der Waals surface area contributed by atoms with E-state index in [0.29, 0.717) is 29.8 Å². The van der Waals surface area contributed by atoms with Gasteiger partial charge in [-0.15, -0.1) is 5.10 Å². The van der Waals surface area contributed by atoms with E-state index in [4.69, 9.17) is 4.74 Å². The van der Waals surface area contributed by atoms with Crippen LogP contribution >= 0.6 is 0 Å². The van der Waals surface area contributed by atoms with Gasteiger partial charge in [0.2, 0.25) is 0 Å². The summed E-state index contributed by atoms with van der Waals surface area (Å²) in [5, 5.41) is 23.9. The van der Waals surface area contributed by atoms with Crippen molar-refractivity contribution in [1.29, 1.82) is 0 Å². The van der Waals surface area contributed by atoms with Crippen LogP contribution in [0.5, 0.6) is 5.75 Å². The molecule has 134 valence electrons. The highest BCUT2D eigenvalue weighted by molar-refractivity contribution is 5.95. The molecule has 1 fully saturated rings. The second kappa shape index (κ2) is 6.68. The van der Waals surface area contributed by atoms with Crippen LogP contribution in [0.25, 0.3) is 5.65 Å². The molecule has 9 nitrogen and oxygen atoms in total. The van der Waals surface area contributed by atoms with E-state index >= 15 is 0 Å². The molecule has 2 N–H and O–H groups in total. The van der Waals surface area contributed by atoms with Crippen molar-refractivity contribution < 1.29 is 14.6 Å². The third-order valence-electron chi connectivity index (χ3n) is 4.70. The zero-order chi connectivity index (χ0) is 18.1. The Kier molecular flexibility index (Phi) is 4.21. The number of carbonyl (C=O) groups is 1. The second-order valence-electron chi connectivity index (χ2n) is 6.39. The lowest BCUT2D eigenvalue weighted by molar-refractivity contribution is 0.0234. The summed E-state index contributed by atoms with van der Waals surface area (Å²) in [4.78, 5) is 17.0. The van der Waals surface area contributed by atoms with E-state index in [1.54, 1.807) is 37.8 Å². The minimum absolute atomic E-state index is 0.140. The first-order valence-electron chi connectivity index (χ1n) is 8.29. The van der Waals surface area contributed by atoms with Crippen molar-refractivity contribution in [1.82, 2.24) is 30.3 Å². The minimum Gasteiger partial charge on any atom is -0.495 e. The van der Waals surface area contributed by atoms with Crippen molar-refractivity contribution in [2.24, 2.45) is 5.92 Å². The molecule has 1 aliphatic rings. The predicted molar refractivity (Wildman–Crippen MR) is 90.5 cm³/mol. The number of nitrogens with one attached hydrogen (secondary N) is 1. The van der Waals surface area contributed by atoms with Gasteiger partial charge in [0.1, 0.15) is 5.75 Å². The topological polar surface area (TPSA) is 115 Å². The number of hydrogen-bond acceptors (Lipinski definition) is 7. The van der Waals surface area contributed by atoms with E-state index in [9.17, 15) is 9.90 Å². The molecule has 0 radical (unpaired) electrons. The van der Waals surface area contributed by atoms with Gasteiger partial charge in [0.05, 0.1) is 25.5 Å². The number of carbonyl (C=O) groups excluding carboxylic acids is 1. The zero-order valence-corrected chi connectivity index (χ0v) is 14.1. The van der Waals surface area contributed by atoms with Gasteiger partial charge in [-0.2, -0.15) is 0 Å². The Morgan fingerprint density at radius 3 is 3.00 bits per heavy atom. The van der Waals surface area contributed by atoms with Crippen LogP contribution in [0.15, 0.2) is 36.8 Å². The van der Waals surface area contributed by atoms with Crippen LogP contribution in [0.4, 0.5) is 0 Å². The summed E-state index contributed by atoms with van der Waals surface area (Å²) in [5.41, 5.74) is 1.81. The Morgan fingerprint density at radius 2 is 2.23 bits per heavy atom. The summed E-state index contributed by atoms with van der Waals surface area (Å²) in [6.45, 7) is 0. The lowest BCUT2D eigenvalue weighted by atomic mass is 9.75. The third kappa shape index (κ3) is 3.08. The largest absolute Gasteiger partial charge is 0.495 e. The minimum atomic E-state index is -0.323. The maximum absolute atomic E-state index is 12.8. The molecule has 26 heavy (non-hydrogen) atoms. The average molecular weight is 354 g/mol. The normalized spacial score (nSPS) is 20.4. The summed E-state index contributed by atoms with van der Waals surface area (Å²) in [6, 6.07) is 4.88. The molecule has 4 rings (SSSR count). The van der Waals surface area contributed by atoms with Gasteiger partial charge in [-0.05, 0) is 52.9 Å². The maximum Gasteiger partial charge on any atom is 0.251 e. The highest BCUT2D eigenvalue weighted by atomic mass is 16.5. The van der Waals surface area contributed by atoms with Gasteiger partial charge in [0.25, 0.3) is 5.91 Å². The Labute approximate surface area is 149 Å². The Hall–Kier alpha value is -3.07. The maximum atomic E-state index is 12.8. The highest BCUT2D eigenvalue weighted by Crippen LogP contribution is 2.38. The van der Waals surface area contributed by atoms with Crippen LogP contribution < -0.4 is 10.1 Å². The van der Waals surface area contributed by atoms with Crippen LogP contribution in [0.2, 0.25) is 0 Å². The summed E-state index contributed by atoms with van der Waals surface area (Å²) in [6.07, 6.45) is 5.91. The molecule has 0 bridgehead atoms. The number of ether oxygens (including phenoxy) is 1. The van der Waals surface area contributed by atoms with Crippen LogP contribution in [0.3, 0.4) is 0 Å². The van der Waals surface area contributed by atoms with Gasteiger partial charge >= 0.3 is 0 Å². The zero-order valence-electron chi connectivity index (χ0n) is 14.1. The van der Waals surface area contributed by atoms with Crippen molar-refractivity contribution in [3.63, 3.8) is 0 Å². The van der Waals surface area contributed by atoms with Gasteiger partial charge in [-0.25, -0.2) is 4.52 Å². The Bertz CT molecular complexity index is 937. The molecule has 9 heteroatoms. The van der Waals surface area contributed by atoms with Crippen molar-refractivity contribution >= 4 is 11.6 Å². The van der Waals surface area contributed by atoms with E-state index < -0.39 is 0 Å². The number of hydrogen-bond donors (Lipinski definition) is 2. The van der Waals surface area contributed by atoms with E-state index in [0.717, 1.165) is 5.56 Å². The first kappa shape index (κ1) is 16.4. The number of amides is 1. The number of methoxy groups -OCH3 is 1. The number of pyridine rings is 2. The molecule has 0 saturated heterocycles. The molecule has 3 aromatic heterocycles. The fourth-order valence-corrected chi connectivity index (χ4v) is 3.20. The van der Waals surface area contributed by atoms with Gasteiger partial charge in [0, 0.05) is 18.0 Å². The van der Waals surface area contributed by atoms with E-state index in [-0.39, 0.29) is 24.0 Å². The molecule has 0 spiro atoms.